The van der Waals surface area contributed by atoms with Gasteiger partial charge in [0.15, 0.2) is 0 Å². The van der Waals surface area contributed by atoms with Crippen LogP contribution in [0.15, 0.2) is 18.2 Å². The molecule has 1 aliphatic heterocycles. The Morgan fingerprint density at radius 1 is 1.47 bits per heavy atom. The zero-order valence-corrected chi connectivity index (χ0v) is 10.3. The van der Waals surface area contributed by atoms with Gasteiger partial charge in [-0.3, -0.25) is 4.79 Å². The van der Waals surface area contributed by atoms with E-state index < -0.39 is 0 Å². The van der Waals surface area contributed by atoms with Crippen molar-refractivity contribution < 1.29 is 4.79 Å². The molecule has 0 spiro atoms. The van der Waals surface area contributed by atoms with Gasteiger partial charge in [0.1, 0.15) is 0 Å². The first-order valence-corrected chi connectivity index (χ1v) is 6.24. The van der Waals surface area contributed by atoms with Crippen LogP contribution in [0.2, 0.25) is 0 Å². The van der Waals surface area contributed by atoms with E-state index in [0.717, 1.165) is 25.1 Å². The highest BCUT2D eigenvalue weighted by atomic mass is 16.2. The average Bonchev–Trinajstić information content (AvgIpc) is 2.73. The predicted molar refractivity (Wildman–Crippen MR) is 69.2 cm³/mol. The van der Waals surface area contributed by atoms with E-state index in [1.807, 2.05) is 6.07 Å². The summed E-state index contributed by atoms with van der Waals surface area (Å²) in [7, 11) is 0. The molecule has 1 aromatic carbocycles. The second kappa shape index (κ2) is 3.49. The van der Waals surface area contributed by atoms with Crippen molar-refractivity contribution in [2.75, 3.05) is 17.2 Å². The molecule has 2 aliphatic rings. The van der Waals surface area contributed by atoms with Crippen LogP contribution in [-0.2, 0) is 11.2 Å². The van der Waals surface area contributed by atoms with Crippen LogP contribution in [0, 0.1) is 11.3 Å². The van der Waals surface area contributed by atoms with E-state index in [4.69, 9.17) is 0 Å². The number of amides is 1. The van der Waals surface area contributed by atoms with Crippen molar-refractivity contribution in [3.8, 4) is 0 Å². The minimum absolute atomic E-state index is 0.168. The molecule has 0 bridgehead atoms. The van der Waals surface area contributed by atoms with Crippen molar-refractivity contribution in [2.45, 2.75) is 26.7 Å². The molecule has 1 saturated carbocycles. The van der Waals surface area contributed by atoms with Gasteiger partial charge >= 0.3 is 0 Å². The lowest BCUT2D eigenvalue weighted by atomic mass is 10.1. The van der Waals surface area contributed by atoms with E-state index in [1.165, 1.54) is 11.3 Å². The third-order valence-corrected chi connectivity index (χ3v) is 3.91. The second-order valence-corrected chi connectivity index (χ2v) is 5.78. The van der Waals surface area contributed by atoms with Crippen LogP contribution in [-0.4, -0.2) is 12.5 Å². The van der Waals surface area contributed by atoms with Crippen LogP contribution in [0.1, 0.15) is 25.8 Å². The summed E-state index contributed by atoms with van der Waals surface area (Å²) in [5, 5.41) is 6.34. The minimum atomic E-state index is 0.168. The molecule has 1 aromatic rings. The van der Waals surface area contributed by atoms with Gasteiger partial charge in [0.25, 0.3) is 0 Å². The molecule has 1 atom stereocenters. The first-order chi connectivity index (χ1) is 8.06. The summed E-state index contributed by atoms with van der Waals surface area (Å²) in [6.45, 7) is 5.29. The van der Waals surface area contributed by atoms with Gasteiger partial charge in [-0.1, -0.05) is 13.8 Å². The Labute approximate surface area is 102 Å². The summed E-state index contributed by atoms with van der Waals surface area (Å²) in [5.41, 5.74) is 3.63. The maximum atomic E-state index is 12.0. The van der Waals surface area contributed by atoms with Crippen molar-refractivity contribution in [1.29, 1.82) is 0 Å². The third kappa shape index (κ3) is 1.90. The number of nitrogens with one attached hydrogen (secondary N) is 2. The lowest BCUT2D eigenvalue weighted by molar-refractivity contribution is -0.117. The fourth-order valence-electron chi connectivity index (χ4n) is 2.53. The van der Waals surface area contributed by atoms with Gasteiger partial charge in [-0.25, -0.2) is 0 Å². The lowest BCUT2D eigenvalue weighted by Crippen LogP contribution is -2.16. The molecule has 1 unspecified atom stereocenters. The largest absolute Gasteiger partial charge is 0.384 e. The van der Waals surface area contributed by atoms with Gasteiger partial charge in [-0.2, -0.15) is 0 Å². The SMILES string of the molecule is CC1(C)CC1C(=O)Nc1ccc2c(c1)CCN2. The number of fused-ring (bicyclic) bond motifs is 1. The summed E-state index contributed by atoms with van der Waals surface area (Å²) >= 11 is 0. The van der Waals surface area contributed by atoms with E-state index >= 15 is 0 Å². The fourth-order valence-corrected chi connectivity index (χ4v) is 2.53. The Hall–Kier alpha value is -1.51. The number of carbonyl (C=O) groups excluding carboxylic acids is 1. The number of carbonyl (C=O) groups is 1. The van der Waals surface area contributed by atoms with Crippen molar-refractivity contribution in [1.82, 2.24) is 0 Å². The van der Waals surface area contributed by atoms with Crippen LogP contribution in [0.4, 0.5) is 11.4 Å². The number of rotatable bonds is 2. The number of anilines is 2. The van der Waals surface area contributed by atoms with E-state index in [-0.39, 0.29) is 17.2 Å². The second-order valence-electron chi connectivity index (χ2n) is 5.78. The topological polar surface area (TPSA) is 41.1 Å². The molecular weight excluding hydrogens is 212 g/mol. The van der Waals surface area contributed by atoms with Crippen LogP contribution < -0.4 is 10.6 Å². The Balaban J connectivity index is 1.71. The molecule has 3 rings (SSSR count). The lowest BCUT2D eigenvalue weighted by Gasteiger charge is -2.08. The normalized spacial score (nSPS) is 23.8. The van der Waals surface area contributed by atoms with Gasteiger partial charge < -0.3 is 10.6 Å². The van der Waals surface area contributed by atoms with Crippen LogP contribution in [0.25, 0.3) is 0 Å². The quantitative estimate of drug-likeness (QED) is 0.820. The Bertz CT molecular complexity index is 479. The van der Waals surface area contributed by atoms with Crippen molar-refractivity contribution in [3.05, 3.63) is 23.8 Å². The summed E-state index contributed by atoms with van der Waals surface area (Å²) in [6, 6.07) is 6.11. The predicted octanol–water partition coefficient (Wildman–Crippen LogP) is 2.64. The standard InChI is InChI=1S/C14H18N2O/c1-14(2)8-11(14)13(17)16-10-3-4-12-9(7-10)5-6-15-12/h3-4,7,11,15H,5-6,8H2,1-2H3,(H,16,17). The molecule has 1 aliphatic carbocycles. The van der Waals surface area contributed by atoms with Crippen molar-refractivity contribution >= 4 is 17.3 Å². The minimum Gasteiger partial charge on any atom is -0.384 e. The van der Waals surface area contributed by atoms with Gasteiger partial charge in [0, 0.05) is 23.8 Å². The monoisotopic (exact) mass is 230 g/mol. The summed E-state index contributed by atoms with van der Waals surface area (Å²) in [4.78, 5) is 12.0. The summed E-state index contributed by atoms with van der Waals surface area (Å²) in [5.74, 6) is 0.356. The maximum Gasteiger partial charge on any atom is 0.228 e. The zero-order valence-electron chi connectivity index (χ0n) is 10.3. The molecule has 2 N–H and O–H groups in total. The third-order valence-electron chi connectivity index (χ3n) is 3.91. The molecule has 1 heterocycles. The Morgan fingerprint density at radius 3 is 2.94 bits per heavy atom. The molecule has 3 heteroatoms. The highest BCUT2D eigenvalue weighted by Crippen LogP contribution is 2.52. The molecule has 0 aromatic heterocycles. The Kier molecular flexibility index (Phi) is 2.18. The van der Waals surface area contributed by atoms with Crippen molar-refractivity contribution in [2.24, 2.45) is 11.3 Å². The molecule has 0 radical (unpaired) electrons. The van der Waals surface area contributed by atoms with E-state index in [1.54, 1.807) is 0 Å². The van der Waals surface area contributed by atoms with Crippen LogP contribution in [0.5, 0.6) is 0 Å². The highest BCUT2D eigenvalue weighted by molar-refractivity contribution is 5.95. The van der Waals surface area contributed by atoms with Gasteiger partial charge in [-0.15, -0.1) is 0 Å². The van der Waals surface area contributed by atoms with Crippen LogP contribution >= 0.6 is 0 Å². The zero-order chi connectivity index (χ0) is 12.0. The molecule has 17 heavy (non-hydrogen) atoms. The van der Waals surface area contributed by atoms with Crippen molar-refractivity contribution in [3.63, 3.8) is 0 Å². The smallest absolute Gasteiger partial charge is 0.228 e. The number of hydrogen-bond donors (Lipinski definition) is 2. The van der Waals surface area contributed by atoms with Gasteiger partial charge in [0.2, 0.25) is 5.91 Å². The van der Waals surface area contributed by atoms with E-state index in [2.05, 4.69) is 36.6 Å². The molecule has 3 nitrogen and oxygen atoms in total. The average molecular weight is 230 g/mol. The summed E-state index contributed by atoms with van der Waals surface area (Å²) in [6.07, 6.45) is 2.05. The van der Waals surface area contributed by atoms with Gasteiger partial charge in [-0.05, 0) is 42.0 Å². The molecular formula is C14H18N2O. The van der Waals surface area contributed by atoms with E-state index in [0.29, 0.717) is 0 Å². The molecule has 0 saturated heterocycles. The Morgan fingerprint density at radius 2 is 2.24 bits per heavy atom. The van der Waals surface area contributed by atoms with E-state index in [9.17, 15) is 4.79 Å². The van der Waals surface area contributed by atoms with Crippen LogP contribution in [0.3, 0.4) is 0 Å². The fraction of sp³-hybridized carbons (Fsp3) is 0.500. The molecule has 90 valence electrons. The number of hydrogen-bond acceptors (Lipinski definition) is 2. The maximum absolute atomic E-state index is 12.0. The first kappa shape index (κ1) is 10.6. The summed E-state index contributed by atoms with van der Waals surface area (Å²) < 4.78 is 0. The molecule has 1 fully saturated rings. The highest BCUT2D eigenvalue weighted by Gasteiger charge is 2.50. The number of benzene rings is 1. The first-order valence-electron chi connectivity index (χ1n) is 6.24. The molecule has 1 amide bonds. The van der Waals surface area contributed by atoms with Gasteiger partial charge in [0.05, 0.1) is 0 Å².